The van der Waals surface area contributed by atoms with E-state index >= 15 is 0 Å². The van der Waals surface area contributed by atoms with Crippen molar-refractivity contribution in [3.8, 4) is 0 Å². The van der Waals surface area contributed by atoms with Crippen LogP contribution in [0.5, 0.6) is 0 Å². The number of rotatable bonds is 0. The molecule has 0 heterocycles. The first-order chi connectivity index (χ1) is 8.75. The third-order valence-electron chi connectivity index (χ3n) is 0.333. The van der Waals surface area contributed by atoms with E-state index in [1.807, 2.05) is 0 Å². The van der Waals surface area contributed by atoms with Gasteiger partial charge in [-0.05, 0) is 0 Å². The molecule has 0 saturated carbocycles. The molecule has 0 aromatic rings. The number of carbonyl (C=O) groups excluding carboxylic acids is 4. The second-order valence-corrected chi connectivity index (χ2v) is 2.15. The molecule has 124 valence electrons. The molecule has 0 aromatic carbocycles. The zero-order valence-corrected chi connectivity index (χ0v) is 12.3. The van der Waals surface area contributed by atoms with E-state index in [-0.39, 0.29) is 33.0 Å². The first-order valence-electron chi connectivity index (χ1n) is 3.87. The van der Waals surface area contributed by atoms with Crippen LogP contribution in [-0.2, 0) is 40.2 Å². The molecule has 21 heavy (non-hydrogen) atoms. The van der Waals surface area contributed by atoms with Crippen molar-refractivity contribution in [2.45, 2.75) is 0 Å². The van der Waals surface area contributed by atoms with Crippen molar-refractivity contribution in [1.82, 2.24) is 0 Å². The third kappa shape index (κ3) is 150. The standard InChI is InChI=1S/2C2H2O4.2CH5N3.Pt/c2*3-1(4)2(5)6;2*2-1(3)4;/h2*(H,3,4)(H,5,6);2*(H5,2,3,4);/q;;;;+2/p-2. The first kappa shape index (κ1) is 30.8. The summed E-state index contributed by atoms with van der Waals surface area (Å²) in [4.78, 5) is 35.7. The van der Waals surface area contributed by atoms with E-state index in [9.17, 15) is 0 Å². The van der Waals surface area contributed by atoms with Gasteiger partial charge in [0.05, 0.1) is 23.9 Å². The Hall–Kier alpha value is -2.89. The number of nitrogens with two attached hydrogens (primary N) is 6. The van der Waals surface area contributed by atoms with Gasteiger partial charge in [-0.2, -0.15) is 0 Å². The van der Waals surface area contributed by atoms with E-state index in [4.69, 9.17) is 39.6 Å². The molecule has 0 atom stereocenters. The smallest absolute Gasteiger partial charge is 0.543 e. The number of hydrogen-bond donors (Lipinski definition) is 6. The molecular weight excluding hydrogens is 479 g/mol. The Bertz CT molecular complexity index is 317. The average Bonchev–Trinajstić information content (AvgIpc) is 2.15. The van der Waals surface area contributed by atoms with E-state index in [2.05, 4.69) is 33.8 Å². The number of carboxylic acids is 4. The molecule has 0 rings (SSSR count). The summed E-state index contributed by atoms with van der Waals surface area (Å²) in [5.74, 6) is -8.91. The quantitative estimate of drug-likeness (QED) is 0.104. The zero-order valence-electron chi connectivity index (χ0n) is 10.0. The summed E-state index contributed by atoms with van der Waals surface area (Å²) in [5, 5.41) is 44.9. The van der Waals surface area contributed by atoms with E-state index in [0.29, 0.717) is 0 Å². The van der Waals surface area contributed by atoms with Gasteiger partial charge in [0, 0.05) is 0 Å². The van der Waals surface area contributed by atoms with Gasteiger partial charge in [-0.25, -0.2) is 0 Å². The SMILES string of the molecule is NC(N)=[NH2+].NC(N)=[NH2+].O=C([O-])C(=O)[O-].O=C([O-])C(=O)[O-].[Pt+2]. The van der Waals surface area contributed by atoms with Crippen LogP contribution in [0.25, 0.3) is 0 Å². The summed E-state index contributed by atoms with van der Waals surface area (Å²) in [6, 6.07) is 0. The summed E-state index contributed by atoms with van der Waals surface area (Å²) in [7, 11) is 0. The number of guanidine groups is 2. The molecule has 12 N–H and O–H groups in total. The predicted octanol–water partition coefficient (Wildman–Crippen LogP) is -13.0. The second kappa shape index (κ2) is 19.4. The molecule has 0 fully saturated rings. The molecule has 0 aliphatic rings. The van der Waals surface area contributed by atoms with Crippen LogP contribution in [0.3, 0.4) is 0 Å². The maximum Gasteiger partial charge on any atom is 2.00 e. The van der Waals surface area contributed by atoms with Crippen LogP contribution in [-0.4, -0.2) is 35.8 Å². The van der Waals surface area contributed by atoms with Gasteiger partial charge >= 0.3 is 33.0 Å². The Morgan fingerprint density at radius 1 is 0.571 bits per heavy atom. The largest absolute Gasteiger partial charge is 2.00 e. The minimum atomic E-state index is -2.19. The van der Waals surface area contributed by atoms with Crippen LogP contribution >= 0.6 is 0 Å². The van der Waals surface area contributed by atoms with Gasteiger partial charge in [0.2, 0.25) is 0 Å². The molecule has 15 heteroatoms. The summed E-state index contributed by atoms with van der Waals surface area (Å²) in [6.45, 7) is 0. The van der Waals surface area contributed by atoms with Crippen molar-refractivity contribution < 1.29 is 71.5 Å². The van der Waals surface area contributed by atoms with Crippen molar-refractivity contribution in [2.24, 2.45) is 22.9 Å². The normalized spacial score (nSPS) is 6.48. The molecular formula is C6H12N6O8Pt. The van der Waals surface area contributed by atoms with Crippen LogP contribution < -0.4 is 54.2 Å². The van der Waals surface area contributed by atoms with E-state index in [1.165, 1.54) is 0 Å². The molecule has 0 radical (unpaired) electrons. The summed E-state index contributed by atoms with van der Waals surface area (Å²) in [6.07, 6.45) is 0. The van der Waals surface area contributed by atoms with E-state index in [0.717, 1.165) is 0 Å². The maximum atomic E-state index is 8.93. The number of carbonyl (C=O) groups is 4. The monoisotopic (exact) mass is 491 g/mol. The molecule has 0 unspecified atom stereocenters. The third-order valence-corrected chi connectivity index (χ3v) is 0.333. The van der Waals surface area contributed by atoms with Crippen molar-refractivity contribution in [2.75, 3.05) is 0 Å². The minimum absolute atomic E-state index is 0. The maximum absolute atomic E-state index is 8.93. The molecule has 0 amide bonds. The van der Waals surface area contributed by atoms with Gasteiger partial charge < -0.3 is 39.6 Å². The summed E-state index contributed by atoms with van der Waals surface area (Å²) >= 11 is 0. The zero-order chi connectivity index (χ0) is 17.5. The first-order valence-corrected chi connectivity index (χ1v) is 3.87. The molecule has 0 aromatic heterocycles. The Morgan fingerprint density at radius 3 is 0.619 bits per heavy atom. The van der Waals surface area contributed by atoms with Gasteiger partial charge in [0.1, 0.15) is 0 Å². The van der Waals surface area contributed by atoms with Crippen LogP contribution in [0.15, 0.2) is 0 Å². The minimum Gasteiger partial charge on any atom is -0.543 e. The average molecular weight is 491 g/mol. The summed E-state index contributed by atoms with van der Waals surface area (Å²) < 4.78 is 0. The van der Waals surface area contributed by atoms with Crippen molar-refractivity contribution >= 4 is 35.8 Å². The Morgan fingerprint density at radius 2 is 0.619 bits per heavy atom. The number of carboxylic acid groups (broad SMARTS) is 4. The predicted molar refractivity (Wildman–Crippen MR) is 50.6 cm³/mol. The molecule has 0 aliphatic heterocycles. The fourth-order valence-electron chi connectivity index (χ4n) is 0. The Balaban J connectivity index is -0.0000000544. The van der Waals surface area contributed by atoms with Crippen molar-refractivity contribution in [3.63, 3.8) is 0 Å². The van der Waals surface area contributed by atoms with Crippen molar-refractivity contribution in [1.29, 1.82) is 0 Å². The topological polar surface area (TPSA) is 316 Å². The van der Waals surface area contributed by atoms with E-state index < -0.39 is 23.9 Å². The van der Waals surface area contributed by atoms with Crippen molar-refractivity contribution in [3.05, 3.63) is 0 Å². The van der Waals surface area contributed by atoms with Gasteiger partial charge in [0.15, 0.2) is 0 Å². The fraction of sp³-hybridized carbons (Fsp3) is 0. The molecule has 0 bridgehead atoms. The van der Waals surface area contributed by atoms with E-state index in [1.54, 1.807) is 0 Å². The fourth-order valence-corrected chi connectivity index (χ4v) is 0. The van der Waals surface area contributed by atoms with Crippen LogP contribution in [0.4, 0.5) is 0 Å². The number of hydrogen-bond acceptors (Lipinski definition) is 8. The van der Waals surface area contributed by atoms with Crippen LogP contribution in [0.2, 0.25) is 0 Å². The molecule has 0 saturated heterocycles. The Kier molecular flexibility index (Phi) is 28.6. The van der Waals surface area contributed by atoms with Crippen LogP contribution in [0.1, 0.15) is 0 Å². The van der Waals surface area contributed by atoms with Crippen LogP contribution in [0, 0.1) is 0 Å². The second-order valence-electron chi connectivity index (χ2n) is 2.15. The molecule has 14 nitrogen and oxygen atoms in total. The van der Waals surface area contributed by atoms with Gasteiger partial charge in [-0.3, -0.25) is 33.8 Å². The Labute approximate surface area is 131 Å². The van der Waals surface area contributed by atoms with Gasteiger partial charge in [-0.15, -0.1) is 0 Å². The molecule has 0 spiro atoms. The molecule has 0 aliphatic carbocycles. The van der Waals surface area contributed by atoms with Gasteiger partial charge in [-0.1, -0.05) is 0 Å². The van der Waals surface area contributed by atoms with Gasteiger partial charge in [0.25, 0.3) is 0 Å². The number of aliphatic carboxylic acids is 4. The summed E-state index contributed by atoms with van der Waals surface area (Å²) in [5.41, 5.74) is 18.3.